The fourth-order valence-electron chi connectivity index (χ4n) is 4.42. The summed E-state index contributed by atoms with van der Waals surface area (Å²) in [7, 11) is 0. The molecule has 0 aliphatic heterocycles. The van der Waals surface area contributed by atoms with E-state index >= 15 is 0 Å². The number of ether oxygens (including phenoxy) is 1. The number of carboxylic acid groups (broad SMARTS) is 1. The highest BCUT2D eigenvalue weighted by Crippen LogP contribution is 2.40. The molecule has 13 heteroatoms. The summed E-state index contributed by atoms with van der Waals surface area (Å²) in [6.45, 7) is 3.21. The van der Waals surface area contributed by atoms with Gasteiger partial charge >= 0.3 is 12.1 Å². The second-order valence-corrected chi connectivity index (χ2v) is 10.3. The van der Waals surface area contributed by atoms with Crippen molar-refractivity contribution in [2.45, 2.75) is 26.6 Å². The summed E-state index contributed by atoms with van der Waals surface area (Å²) in [6.07, 6.45) is 0.475. The molecule has 208 valence electrons. The topological polar surface area (TPSA) is 107 Å². The number of hydrogen-bond donors (Lipinski definition) is 1. The van der Waals surface area contributed by atoms with Crippen molar-refractivity contribution in [3.63, 3.8) is 0 Å². The number of aryl methyl sites for hydroxylation is 2. The molecule has 0 aliphatic carbocycles. The molecule has 1 aromatic carbocycles. The van der Waals surface area contributed by atoms with Gasteiger partial charge in [0.25, 0.3) is 5.56 Å². The van der Waals surface area contributed by atoms with Gasteiger partial charge in [0.15, 0.2) is 5.52 Å². The molecule has 5 aromatic rings. The molecule has 8 nitrogen and oxygen atoms in total. The summed E-state index contributed by atoms with van der Waals surface area (Å²) in [4.78, 5) is 37.2. The Morgan fingerprint density at radius 2 is 1.90 bits per heavy atom. The standard InChI is InChI=1S/C28H18ClF3N4O4S/c1-4-20-19(28(30,31)32)11-21-24(35-20)26(37)36(14(3)34-21)7-8-40-22-6-5-15(29)10-16(22)17-9-13(2)33-23-18(27(38)39)12-41-25(17)23/h1,5-6,9-12H,7-8H2,2-3H3,(H,38,39). The van der Waals surface area contributed by atoms with E-state index in [2.05, 4.69) is 15.0 Å². The van der Waals surface area contributed by atoms with E-state index < -0.39 is 29.0 Å². The third-order valence-electron chi connectivity index (χ3n) is 6.25. The molecule has 0 aliphatic rings. The van der Waals surface area contributed by atoms with Crippen molar-refractivity contribution in [1.82, 2.24) is 19.5 Å². The summed E-state index contributed by atoms with van der Waals surface area (Å²) < 4.78 is 48.1. The SMILES string of the molecule is C#Cc1nc2c(=O)n(CCOc3ccc(Cl)cc3-c3cc(C)nc4c(C(=O)O)csc34)c(C)nc2cc1C(F)(F)F. The molecule has 0 unspecified atom stereocenters. The Morgan fingerprint density at radius 1 is 1.15 bits per heavy atom. The van der Waals surface area contributed by atoms with Crippen LogP contribution in [0.5, 0.6) is 5.75 Å². The molecule has 0 saturated carbocycles. The van der Waals surface area contributed by atoms with Crippen molar-refractivity contribution < 1.29 is 27.8 Å². The van der Waals surface area contributed by atoms with Crippen molar-refractivity contribution in [3.8, 4) is 29.2 Å². The number of rotatable bonds is 6. The molecule has 0 bridgehead atoms. The van der Waals surface area contributed by atoms with Crippen molar-refractivity contribution in [2.75, 3.05) is 6.61 Å². The number of fused-ring (bicyclic) bond motifs is 2. The maximum absolute atomic E-state index is 13.4. The van der Waals surface area contributed by atoms with Crippen LogP contribution in [0.2, 0.25) is 5.02 Å². The molecule has 41 heavy (non-hydrogen) atoms. The fraction of sp³-hybridized carbons (Fsp3) is 0.179. The number of thiophene rings is 1. The lowest BCUT2D eigenvalue weighted by Crippen LogP contribution is -2.28. The second-order valence-electron chi connectivity index (χ2n) is 8.94. The smallest absolute Gasteiger partial charge is 0.419 e. The summed E-state index contributed by atoms with van der Waals surface area (Å²) >= 11 is 7.53. The quantitative estimate of drug-likeness (QED) is 0.235. The first kappa shape index (κ1) is 28.1. The molecular formula is C28H18ClF3N4O4S. The summed E-state index contributed by atoms with van der Waals surface area (Å²) in [5.41, 5.74) is -0.711. The van der Waals surface area contributed by atoms with Crippen molar-refractivity contribution >= 4 is 50.2 Å². The zero-order valence-electron chi connectivity index (χ0n) is 21.3. The largest absolute Gasteiger partial charge is 0.491 e. The number of aromatic nitrogens is 4. The van der Waals surface area contributed by atoms with Crippen LogP contribution >= 0.6 is 22.9 Å². The average molecular weight is 599 g/mol. The maximum Gasteiger partial charge on any atom is 0.419 e. The number of halogens is 4. The van der Waals surface area contributed by atoms with E-state index in [4.69, 9.17) is 22.8 Å². The number of alkyl halides is 3. The van der Waals surface area contributed by atoms with E-state index in [1.54, 1.807) is 31.2 Å². The lowest BCUT2D eigenvalue weighted by Gasteiger charge is -2.16. The van der Waals surface area contributed by atoms with Crippen molar-refractivity contribution in [1.29, 1.82) is 0 Å². The van der Waals surface area contributed by atoms with Gasteiger partial charge in [0.2, 0.25) is 0 Å². The Balaban J connectivity index is 1.50. The Labute approximate surface area is 239 Å². The monoisotopic (exact) mass is 598 g/mol. The molecule has 0 fully saturated rings. The van der Waals surface area contributed by atoms with Crippen LogP contribution in [0.3, 0.4) is 0 Å². The van der Waals surface area contributed by atoms with Gasteiger partial charge in [-0.25, -0.2) is 14.8 Å². The van der Waals surface area contributed by atoms with E-state index in [0.717, 1.165) is 6.07 Å². The normalized spacial score (nSPS) is 11.6. The highest BCUT2D eigenvalue weighted by Gasteiger charge is 2.35. The van der Waals surface area contributed by atoms with Gasteiger partial charge in [0, 0.05) is 27.2 Å². The maximum atomic E-state index is 13.4. The molecule has 5 rings (SSSR count). The van der Waals surface area contributed by atoms with Crippen LogP contribution in [0.15, 0.2) is 40.5 Å². The number of carbonyl (C=O) groups is 1. The van der Waals surface area contributed by atoms with Crippen LogP contribution in [0.25, 0.3) is 32.4 Å². The van der Waals surface area contributed by atoms with E-state index in [1.165, 1.54) is 28.2 Å². The molecule has 1 N–H and O–H groups in total. The zero-order chi connectivity index (χ0) is 29.6. The lowest BCUT2D eigenvalue weighted by molar-refractivity contribution is -0.137. The van der Waals surface area contributed by atoms with Gasteiger partial charge in [-0.05, 0) is 50.1 Å². The molecule has 4 heterocycles. The van der Waals surface area contributed by atoms with Gasteiger partial charge in [-0.1, -0.05) is 11.6 Å². The first-order valence-corrected chi connectivity index (χ1v) is 13.2. The van der Waals surface area contributed by atoms with Crippen LogP contribution in [-0.2, 0) is 12.7 Å². The minimum Gasteiger partial charge on any atom is -0.491 e. The molecule has 0 atom stereocenters. The molecule has 0 spiro atoms. The number of carboxylic acids is 1. The third-order valence-corrected chi connectivity index (χ3v) is 7.49. The molecule has 0 radical (unpaired) electrons. The molecular weight excluding hydrogens is 581 g/mol. The number of pyridine rings is 2. The summed E-state index contributed by atoms with van der Waals surface area (Å²) in [5.74, 6) is 1.38. The predicted octanol–water partition coefficient (Wildman–Crippen LogP) is 6.12. The van der Waals surface area contributed by atoms with E-state index in [1.807, 2.05) is 5.92 Å². The number of aromatic carboxylic acids is 1. The van der Waals surface area contributed by atoms with Crippen molar-refractivity contribution in [2.24, 2.45) is 0 Å². The number of benzene rings is 1. The number of hydrogen-bond acceptors (Lipinski definition) is 7. The molecule has 0 saturated heterocycles. The van der Waals surface area contributed by atoms with Crippen LogP contribution in [0, 0.1) is 26.2 Å². The van der Waals surface area contributed by atoms with Crippen LogP contribution in [0.4, 0.5) is 13.2 Å². The Morgan fingerprint density at radius 3 is 2.59 bits per heavy atom. The predicted molar refractivity (Wildman–Crippen MR) is 149 cm³/mol. The molecule has 4 aromatic heterocycles. The zero-order valence-corrected chi connectivity index (χ0v) is 22.9. The van der Waals surface area contributed by atoms with Crippen LogP contribution in [-0.4, -0.2) is 37.2 Å². The van der Waals surface area contributed by atoms with Gasteiger partial charge in [0.05, 0.1) is 33.4 Å². The van der Waals surface area contributed by atoms with E-state index in [0.29, 0.717) is 37.8 Å². The Kier molecular flexibility index (Phi) is 7.19. The van der Waals surface area contributed by atoms with Crippen molar-refractivity contribution in [3.05, 3.63) is 79.4 Å². The lowest BCUT2D eigenvalue weighted by atomic mass is 10.0. The van der Waals surface area contributed by atoms with E-state index in [-0.39, 0.29) is 35.6 Å². The Bertz CT molecular complexity index is 1980. The van der Waals surface area contributed by atoms with Gasteiger partial charge in [-0.15, -0.1) is 17.8 Å². The number of terminal acetylenes is 1. The fourth-order valence-corrected chi connectivity index (χ4v) is 5.60. The van der Waals surface area contributed by atoms with Gasteiger partial charge in [-0.3, -0.25) is 14.3 Å². The third kappa shape index (κ3) is 5.21. The van der Waals surface area contributed by atoms with Crippen LogP contribution in [0.1, 0.15) is 33.1 Å². The minimum atomic E-state index is -4.76. The number of nitrogens with zero attached hydrogens (tertiary/aromatic N) is 4. The summed E-state index contributed by atoms with van der Waals surface area (Å²) in [5, 5.41) is 11.5. The van der Waals surface area contributed by atoms with E-state index in [9.17, 15) is 27.9 Å². The second kappa shape index (κ2) is 10.5. The highest BCUT2D eigenvalue weighted by molar-refractivity contribution is 7.18. The average Bonchev–Trinajstić information content (AvgIpc) is 3.33. The first-order valence-electron chi connectivity index (χ1n) is 11.9. The van der Waals surface area contributed by atoms with Crippen LogP contribution < -0.4 is 10.3 Å². The van der Waals surface area contributed by atoms with Gasteiger partial charge in [-0.2, -0.15) is 13.2 Å². The Hall–Kier alpha value is -4.47. The minimum absolute atomic E-state index is 0.00326. The molecule has 0 amide bonds. The first-order chi connectivity index (χ1) is 19.4. The summed E-state index contributed by atoms with van der Waals surface area (Å²) in [6, 6.07) is 7.49. The highest BCUT2D eigenvalue weighted by atomic mass is 35.5. The van der Waals surface area contributed by atoms with Gasteiger partial charge < -0.3 is 9.84 Å². The van der Waals surface area contributed by atoms with Gasteiger partial charge in [0.1, 0.15) is 23.9 Å².